The van der Waals surface area contributed by atoms with Gasteiger partial charge in [0.1, 0.15) is 19.8 Å². The lowest BCUT2D eigenvalue weighted by molar-refractivity contribution is -0.870. The van der Waals surface area contributed by atoms with E-state index in [2.05, 4.69) is 135 Å². The zero-order valence-electron chi connectivity index (χ0n) is 60.5. The molecule has 0 aliphatic heterocycles. The summed E-state index contributed by atoms with van der Waals surface area (Å²) in [5.41, 5.74) is 0. The van der Waals surface area contributed by atoms with E-state index >= 15 is 0 Å². The van der Waals surface area contributed by atoms with E-state index in [0.29, 0.717) is 23.9 Å². The van der Waals surface area contributed by atoms with E-state index in [1.54, 1.807) is 0 Å². The van der Waals surface area contributed by atoms with Gasteiger partial charge in [0.25, 0.3) is 0 Å². The summed E-state index contributed by atoms with van der Waals surface area (Å²) in [5.74, 6) is -0.863. The average molecular weight is 1300 g/mol. The fourth-order valence-corrected chi connectivity index (χ4v) is 11.4. The van der Waals surface area contributed by atoms with E-state index < -0.39 is 26.5 Å². The number of unbranched alkanes of at least 4 members (excludes halogenated alkanes) is 36. The Kier molecular flexibility index (Phi) is 68.9. The van der Waals surface area contributed by atoms with Crippen LogP contribution in [-0.2, 0) is 32.7 Å². The van der Waals surface area contributed by atoms with Crippen molar-refractivity contribution in [3.63, 3.8) is 0 Å². The van der Waals surface area contributed by atoms with Crippen molar-refractivity contribution >= 4 is 19.8 Å². The van der Waals surface area contributed by atoms with Crippen molar-refractivity contribution < 1.29 is 42.1 Å². The molecule has 0 aromatic carbocycles. The van der Waals surface area contributed by atoms with Gasteiger partial charge in [-0.15, -0.1) is 0 Å². The fraction of sp³-hybridized carbons (Fsp3) is 0.732. The largest absolute Gasteiger partial charge is 0.472 e. The molecule has 0 saturated heterocycles. The molecular formula is C82H145NO8P+. The van der Waals surface area contributed by atoms with Crippen LogP contribution < -0.4 is 0 Å². The minimum atomic E-state index is -4.42. The van der Waals surface area contributed by atoms with Crippen molar-refractivity contribution in [1.82, 2.24) is 0 Å². The number of nitrogens with zero attached hydrogens (tertiary/aromatic N) is 1. The van der Waals surface area contributed by atoms with Gasteiger partial charge < -0.3 is 18.9 Å². The predicted octanol–water partition coefficient (Wildman–Crippen LogP) is 25.4. The molecule has 0 rings (SSSR count). The van der Waals surface area contributed by atoms with Crippen LogP contribution in [0.1, 0.15) is 335 Å². The maximum Gasteiger partial charge on any atom is 0.472 e. The first-order valence-electron chi connectivity index (χ1n) is 38.3. The summed E-state index contributed by atoms with van der Waals surface area (Å²) in [5, 5.41) is 0. The van der Waals surface area contributed by atoms with Gasteiger partial charge in [-0.05, 0) is 103 Å². The van der Waals surface area contributed by atoms with Crippen LogP contribution in [0.2, 0.25) is 0 Å². The molecule has 0 aliphatic rings. The number of carbonyl (C=O) groups excluding carboxylic acids is 2. The lowest BCUT2D eigenvalue weighted by Crippen LogP contribution is -2.37. The molecule has 0 spiro atoms. The van der Waals surface area contributed by atoms with Crippen LogP contribution in [0, 0.1) is 0 Å². The first kappa shape index (κ1) is 88.4. The molecule has 0 bridgehead atoms. The standard InChI is InChI=1S/C82H144NO8P/c1-6-8-10-12-14-16-18-20-22-24-26-28-30-32-34-36-37-38-39-40-41-42-43-44-45-47-48-50-52-54-56-58-60-62-64-66-68-70-72-74-81(84)88-78-80(79-90-92(86,87)89-77-76-83(3,4)5)91-82(85)75-73-71-69-67-65-63-61-59-57-55-53-51-49-46-35-33-31-29-27-25-23-21-19-17-15-13-11-9-7-2/h9,11,15,17,21,23-24,26-27,29,33,35,49,51,55,57,61,63,67,69,80H,6-8,10,12-14,16,18-20,22,25,28,30-32,34,36-48,50,52-54,56,58-60,62,64-66,68,70-79H2,1-5H3/p+1/b11-9-,17-15-,23-21-,26-24-,29-27-,35-33-,51-49-,57-55-,63-61-,69-67-. The van der Waals surface area contributed by atoms with Crippen molar-refractivity contribution in [2.24, 2.45) is 0 Å². The normalized spacial score (nSPS) is 13.8. The molecule has 0 aliphatic carbocycles. The average Bonchev–Trinajstić information content (AvgIpc) is 2.14. The number of quaternary nitrogens is 1. The number of hydrogen-bond acceptors (Lipinski definition) is 7. The number of allylic oxidation sites excluding steroid dienone is 20. The van der Waals surface area contributed by atoms with E-state index in [9.17, 15) is 19.0 Å². The van der Waals surface area contributed by atoms with Crippen LogP contribution in [0.5, 0.6) is 0 Å². The molecule has 1 N–H and O–H groups in total. The minimum Gasteiger partial charge on any atom is -0.462 e. The van der Waals surface area contributed by atoms with Crippen molar-refractivity contribution in [1.29, 1.82) is 0 Å². The topological polar surface area (TPSA) is 108 Å². The summed E-state index contributed by atoms with van der Waals surface area (Å²) in [6, 6.07) is 0. The van der Waals surface area contributed by atoms with E-state index in [0.717, 1.165) is 77.0 Å². The summed E-state index contributed by atoms with van der Waals surface area (Å²) in [6.07, 6.45) is 104. The Balaban J connectivity index is 4.03. The van der Waals surface area contributed by atoms with Gasteiger partial charge in [0.2, 0.25) is 0 Å². The third kappa shape index (κ3) is 75.4. The van der Waals surface area contributed by atoms with Gasteiger partial charge in [0.15, 0.2) is 6.10 Å². The number of carbonyl (C=O) groups is 2. The van der Waals surface area contributed by atoms with Gasteiger partial charge in [-0.2, -0.15) is 0 Å². The second-order valence-electron chi connectivity index (χ2n) is 26.7. The molecule has 0 amide bonds. The van der Waals surface area contributed by atoms with E-state index in [4.69, 9.17) is 18.5 Å². The van der Waals surface area contributed by atoms with Gasteiger partial charge in [-0.1, -0.05) is 341 Å². The SMILES string of the molecule is CC/C=C\C/C=C\C/C=C\C/C=C\C/C=C\C/C=C\C/C=C\C/C=C\C/C=C\CCCC(=O)OC(COC(=O)CCCCCCCCCCCCCCCCCCCCCCCCCCCCC/C=C\CCCCCCCCCC)COP(=O)(O)OCC[N+](C)(C)C. The van der Waals surface area contributed by atoms with Gasteiger partial charge in [0.05, 0.1) is 27.7 Å². The highest BCUT2D eigenvalue weighted by molar-refractivity contribution is 7.47. The molecule has 0 radical (unpaired) electrons. The molecule has 0 aromatic heterocycles. The number of phosphoric ester groups is 1. The molecule has 92 heavy (non-hydrogen) atoms. The highest BCUT2D eigenvalue weighted by Crippen LogP contribution is 2.43. The van der Waals surface area contributed by atoms with Crippen molar-refractivity contribution in [3.05, 3.63) is 122 Å². The molecule has 9 nitrogen and oxygen atoms in total. The number of rotatable bonds is 70. The van der Waals surface area contributed by atoms with Gasteiger partial charge in [-0.25, -0.2) is 4.57 Å². The number of likely N-dealkylation sites (N-methyl/N-ethyl adjacent to an activating group) is 1. The van der Waals surface area contributed by atoms with Crippen LogP contribution in [-0.4, -0.2) is 74.9 Å². The Morgan fingerprint density at radius 3 is 0.967 bits per heavy atom. The van der Waals surface area contributed by atoms with Crippen LogP contribution in [0.4, 0.5) is 0 Å². The van der Waals surface area contributed by atoms with Crippen LogP contribution in [0.15, 0.2) is 122 Å². The number of ether oxygens (including phenoxy) is 2. The molecule has 530 valence electrons. The Hall–Kier alpha value is -3.59. The molecular weight excluding hydrogens is 1160 g/mol. The zero-order valence-corrected chi connectivity index (χ0v) is 61.4. The minimum absolute atomic E-state index is 0.0158. The van der Waals surface area contributed by atoms with Crippen LogP contribution in [0.3, 0.4) is 0 Å². The van der Waals surface area contributed by atoms with E-state index in [1.165, 1.54) is 218 Å². The van der Waals surface area contributed by atoms with Crippen LogP contribution in [0.25, 0.3) is 0 Å². The molecule has 0 heterocycles. The van der Waals surface area contributed by atoms with Crippen LogP contribution >= 0.6 is 7.82 Å². The molecule has 0 aromatic rings. The summed E-state index contributed by atoms with van der Waals surface area (Å²) in [6.45, 7) is 4.28. The maximum absolute atomic E-state index is 12.9. The molecule has 2 unspecified atom stereocenters. The molecule has 0 saturated carbocycles. The lowest BCUT2D eigenvalue weighted by Gasteiger charge is -2.24. The molecule has 2 atom stereocenters. The number of phosphoric acid groups is 1. The van der Waals surface area contributed by atoms with Gasteiger partial charge >= 0.3 is 19.8 Å². The first-order valence-corrected chi connectivity index (χ1v) is 39.8. The third-order valence-electron chi connectivity index (χ3n) is 16.5. The predicted molar refractivity (Wildman–Crippen MR) is 399 cm³/mol. The summed E-state index contributed by atoms with van der Waals surface area (Å²) in [4.78, 5) is 35.9. The van der Waals surface area contributed by atoms with Crippen molar-refractivity contribution in [2.75, 3.05) is 47.5 Å². The van der Waals surface area contributed by atoms with E-state index in [-0.39, 0.29) is 32.0 Å². The smallest absolute Gasteiger partial charge is 0.462 e. The Labute approximate surface area is 568 Å². The molecule has 10 heteroatoms. The van der Waals surface area contributed by atoms with Gasteiger partial charge in [-0.3, -0.25) is 18.6 Å². The second-order valence-corrected chi connectivity index (χ2v) is 28.1. The zero-order chi connectivity index (χ0) is 66.9. The molecule has 0 fully saturated rings. The quantitative estimate of drug-likeness (QED) is 0.0211. The Morgan fingerprint density at radius 2 is 0.630 bits per heavy atom. The lowest BCUT2D eigenvalue weighted by atomic mass is 10.0. The highest BCUT2D eigenvalue weighted by Gasteiger charge is 2.27. The summed E-state index contributed by atoms with van der Waals surface area (Å²) < 4.78 is 34.7. The first-order chi connectivity index (χ1) is 45.0. The van der Waals surface area contributed by atoms with Crippen molar-refractivity contribution in [2.45, 2.75) is 341 Å². The number of esters is 2. The monoisotopic (exact) mass is 1300 g/mol. The summed E-state index contributed by atoms with van der Waals surface area (Å²) in [7, 11) is 1.44. The number of hydrogen-bond donors (Lipinski definition) is 1. The third-order valence-corrected chi connectivity index (χ3v) is 17.5. The van der Waals surface area contributed by atoms with Gasteiger partial charge in [0, 0.05) is 12.8 Å². The second kappa shape index (κ2) is 71.7. The highest BCUT2D eigenvalue weighted by atomic mass is 31.2. The maximum atomic E-state index is 12.9. The fourth-order valence-electron chi connectivity index (χ4n) is 10.7. The van der Waals surface area contributed by atoms with E-state index in [1.807, 2.05) is 21.1 Å². The summed E-state index contributed by atoms with van der Waals surface area (Å²) >= 11 is 0. The van der Waals surface area contributed by atoms with Crippen molar-refractivity contribution in [3.8, 4) is 0 Å². The Morgan fingerprint density at radius 1 is 0.348 bits per heavy atom. The Bertz CT molecular complexity index is 1970.